The Kier molecular flexibility index (Phi) is 5.96. The molecule has 1 amide bonds. The minimum absolute atomic E-state index is 0.137. The molecular formula is C21H18N2O5. The summed E-state index contributed by atoms with van der Waals surface area (Å²) >= 11 is 0. The summed E-state index contributed by atoms with van der Waals surface area (Å²) in [6, 6.07) is 15.5. The number of benzene rings is 2. The van der Waals surface area contributed by atoms with Gasteiger partial charge in [0.05, 0.1) is 17.9 Å². The highest BCUT2D eigenvalue weighted by molar-refractivity contribution is 6.04. The molecule has 0 spiro atoms. The minimum Gasteiger partial charge on any atom is -0.462 e. The molecule has 0 aliphatic carbocycles. The van der Waals surface area contributed by atoms with Crippen LogP contribution >= 0.6 is 0 Å². The van der Waals surface area contributed by atoms with E-state index < -0.39 is 24.5 Å². The van der Waals surface area contributed by atoms with Crippen molar-refractivity contribution in [2.45, 2.75) is 6.92 Å². The molecule has 2 aromatic carbocycles. The summed E-state index contributed by atoms with van der Waals surface area (Å²) in [6.45, 7) is 1.40. The Morgan fingerprint density at radius 2 is 1.68 bits per heavy atom. The summed E-state index contributed by atoms with van der Waals surface area (Å²) < 4.78 is 10.1. The predicted octanol–water partition coefficient (Wildman–Crippen LogP) is 3.21. The summed E-state index contributed by atoms with van der Waals surface area (Å²) in [6.07, 6.45) is 1.51. The molecule has 0 saturated carbocycles. The molecule has 1 aromatic heterocycles. The summed E-state index contributed by atoms with van der Waals surface area (Å²) in [4.78, 5) is 40.5. The number of nitrogens with zero attached hydrogens (tertiary/aromatic N) is 1. The van der Waals surface area contributed by atoms with Gasteiger partial charge in [0.25, 0.3) is 5.91 Å². The number of rotatable bonds is 6. The van der Waals surface area contributed by atoms with Gasteiger partial charge in [-0.1, -0.05) is 36.4 Å². The van der Waals surface area contributed by atoms with Crippen molar-refractivity contribution in [1.82, 2.24) is 4.98 Å². The maximum Gasteiger partial charge on any atom is 0.358 e. The number of ether oxygens (including phenoxy) is 2. The number of carbonyl (C=O) groups excluding carboxylic acids is 3. The Morgan fingerprint density at radius 1 is 0.929 bits per heavy atom. The molecular weight excluding hydrogens is 360 g/mol. The van der Waals surface area contributed by atoms with Crippen LogP contribution in [0.15, 0.2) is 60.8 Å². The monoisotopic (exact) mass is 378 g/mol. The molecule has 0 aliphatic rings. The molecule has 3 rings (SSSR count). The average Bonchev–Trinajstić information content (AvgIpc) is 2.72. The highest BCUT2D eigenvalue weighted by Gasteiger charge is 2.17. The van der Waals surface area contributed by atoms with Crippen LogP contribution < -0.4 is 5.32 Å². The van der Waals surface area contributed by atoms with E-state index in [0.717, 1.165) is 5.39 Å². The lowest BCUT2D eigenvalue weighted by molar-refractivity contribution is -0.119. The molecule has 0 unspecified atom stereocenters. The van der Waals surface area contributed by atoms with Gasteiger partial charge < -0.3 is 14.8 Å². The van der Waals surface area contributed by atoms with Crippen molar-refractivity contribution in [3.05, 3.63) is 72.1 Å². The first-order valence-corrected chi connectivity index (χ1v) is 8.67. The molecule has 0 fully saturated rings. The number of fused-ring (bicyclic) bond motifs is 1. The maximum absolute atomic E-state index is 12.3. The second-order valence-corrected chi connectivity index (χ2v) is 5.77. The van der Waals surface area contributed by atoms with E-state index in [-0.39, 0.29) is 23.6 Å². The van der Waals surface area contributed by atoms with Crippen molar-refractivity contribution in [2.24, 2.45) is 0 Å². The number of hydrogen-bond acceptors (Lipinski definition) is 6. The van der Waals surface area contributed by atoms with E-state index in [1.165, 1.54) is 6.20 Å². The standard InChI is InChI=1S/C21H18N2O5/c1-2-27-20(25)16-9-5-6-10-17(16)23-18(24)13-28-21(26)19-15-8-4-3-7-14(15)11-12-22-19/h3-12H,2,13H2,1H3,(H,23,24). The molecule has 1 N–H and O–H groups in total. The first-order valence-electron chi connectivity index (χ1n) is 8.67. The SMILES string of the molecule is CCOC(=O)c1ccccc1NC(=O)COC(=O)c1nccc2ccccc12. The van der Waals surface area contributed by atoms with Crippen LogP contribution in [0.1, 0.15) is 27.8 Å². The smallest absolute Gasteiger partial charge is 0.358 e. The first-order chi connectivity index (χ1) is 13.6. The van der Waals surface area contributed by atoms with Gasteiger partial charge >= 0.3 is 11.9 Å². The molecule has 1 heterocycles. The van der Waals surface area contributed by atoms with Gasteiger partial charge in [-0.3, -0.25) is 4.79 Å². The van der Waals surface area contributed by atoms with Crippen LogP contribution in [0.3, 0.4) is 0 Å². The Hall–Kier alpha value is -3.74. The summed E-state index contributed by atoms with van der Waals surface area (Å²) in [7, 11) is 0. The van der Waals surface area contributed by atoms with Crippen molar-refractivity contribution in [3.8, 4) is 0 Å². The number of hydrogen-bond donors (Lipinski definition) is 1. The third-order valence-corrected chi connectivity index (χ3v) is 3.90. The zero-order valence-corrected chi connectivity index (χ0v) is 15.2. The second-order valence-electron chi connectivity index (χ2n) is 5.77. The lowest BCUT2D eigenvalue weighted by atomic mass is 10.1. The van der Waals surface area contributed by atoms with E-state index in [0.29, 0.717) is 5.39 Å². The van der Waals surface area contributed by atoms with Gasteiger partial charge in [0.1, 0.15) is 0 Å². The van der Waals surface area contributed by atoms with E-state index >= 15 is 0 Å². The number of aromatic nitrogens is 1. The Labute approximate surface area is 161 Å². The van der Waals surface area contributed by atoms with Crippen molar-refractivity contribution in [1.29, 1.82) is 0 Å². The van der Waals surface area contributed by atoms with Gasteiger partial charge in [-0.05, 0) is 30.5 Å². The third-order valence-electron chi connectivity index (χ3n) is 3.90. The maximum atomic E-state index is 12.3. The Morgan fingerprint density at radius 3 is 2.50 bits per heavy atom. The van der Waals surface area contributed by atoms with Crippen LogP contribution in [-0.4, -0.2) is 36.0 Å². The van der Waals surface area contributed by atoms with E-state index in [1.807, 2.05) is 12.1 Å². The minimum atomic E-state index is -0.703. The van der Waals surface area contributed by atoms with Gasteiger partial charge in [0.15, 0.2) is 12.3 Å². The summed E-state index contributed by atoms with van der Waals surface area (Å²) in [5.74, 6) is -1.83. The highest BCUT2D eigenvalue weighted by Crippen LogP contribution is 2.18. The number of amides is 1. The van der Waals surface area contributed by atoms with Crippen molar-refractivity contribution in [2.75, 3.05) is 18.5 Å². The van der Waals surface area contributed by atoms with Gasteiger partial charge in [-0.25, -0.2) is 14.6 Å². The molecule has 0 radical (unpaired) electrons. The van der Waals surface area contributed by atoms with Crippen LogP contribution in [0.4, 0.5) is 5.69 Å². The van der Waals surface area contributed by atoms with Crippen molar-refractivity contribution >= 4 is 34.3 Å². The van der Waals surface area contributed by atoms with Crippen LogP contribution in [0.2, 0.25) is 0 Å². The van der Waals surface area contributed by atoms with E-state index in [2.05, 4.69) is 10.3 Å². The fraction of sp³-hybridized carbons (Fsp3) is 0.143. The predicted molar refractivity (Wildman–Crippen MR) is 103 cm³/mol. The molecule has 0 bridgehead atoms. The summed E-state index contributed by atoms with van der Waals surface area (Å²) in [5.41, 5.74) is 0.642. The molecule has 28 heavy (non-hydrogen) atoms. The topological polar surface area (TPSA) is 94.6 Å². The van der Waals surface area contributed by atoms with Crippen LogP contribution in [0, 0.1) is 0 Å². The Balaban J connectivity index is 1.66. The number of carbonyl (C=O) groups is 3. The number of anilines is 1. The quantitative estimate of drug-likeness (QED) is 0.662. The average molecular weight is 378 g/mol. The fourth-order valence-electron chi connectivity index (χ4n) is 2.65. The van der Waals surface area contributed by atoms with E-state index in [4.69, 9.17) is 9.47 Å². The molecule has 7 nitrogen and oxygen atoms in total. The first kappa shape index (κ1) is 19.0. The third kappa shape index (κ3) is 4.32. The normalized spacial score (nSPS) is 10.3. The highest BCUT2D eigenvalue weighted by atomic mass is 16.5. The van der Waals surface area contributed by atoms with Gasteiger partial charge in [-0.2, -0.15) is 0 Å². The summed E-state index contributed by atoms with van der Waals surface area (Å²) in [5, 5.41) is 4.04. The van der Waals surface area contributed by atoms with E-state index in [1.54, 1.807) is 49.4 Å². The Bertz CT molecular complexity index is 1030. The molecule has 0 aliphatic heterocycles. The van der Waals surface area contributed by atoms with Crippen LogP contribution in [0.5, 0.6) is 0 Å². The zero-order valence-electron chi connectivity index (χ0n) is 15.2. The van der Waals surface area contributed by atoms with Crippen LogP contribution in [0.25, 0.3) is 10.8 Å². The van der Waals surface area contributed by atoms with Gasteiger partial charge in [-0.15, -0.1) is 0 Å². The molecule has 0 atom stereocenters. The van der Waals surface area contributed by atoms with E-state index in [9.17, 15) is 14.4 Å². The zero-order chi connectivity index (χ0) is 19.9. The number of esters is 2. The van der Waals surface area contributed by atoms with Gasteiger partial charge in [0.2, 0.25) is 0 Å². The largest absolute Gasteiger partial charge is 0.462 e. The van der Waals surface area contributed by atoms with Crippen molar-refractivity contribution in [3.63, 3.8) is 0 Å². The lowest BCUT2D eigenvalue weighted by Crippen LogP contribution is -2.22. The van der Waals surface area contributed by atoms with Crippen LogP contribution in [-0.2, 0) is 14.3 Å². The molecule has 0 saturated heterocycles. The van der Waals surface area contributed by atoms with Crippen molar-refractivity contribution < 1.29 is 23.9 Å². The number of nitrogens with one attached hydrogen (secondary N) is 1. The molecule has 142 valence electrons. The number of pyridine rings is 1. The lowest BCUT2D eigenvalue weighted by Gasteiger charge is -2.11. The molecule has 3 aromatic rings. The fourth-order valence-corrected chi connectivity index (χ4v) is 2.65. The second kappa shape index (κ2) is 8.77. The van der Waals surface area contributed by atoms with Gasteiger partial charge in [0, 0.05) is 11.6 Å². The number of para-hydroxylation sites is 1. The molecule has 7 heteroatoms.